The molecule has 0 spiro atoms. The highest BCUT2D eigenvalue weighted by molar-refractivity contribution is 9.11. The van der Waals surface area contributed by atoms with E-state index in [9.17, 15) is 9.59 Å². The number of aliphatic hydroxyl groups excluding tert-OH is 1. The normalized spacial score (nSPS) is 11.9. The van der Waals surface area contributed by atoms with Crippen LogP contribution in [0.15, 0.2) is 27.1 Å². The Balaban J connectivity index is 2.86. The highest BCUT2D eigenvalue weighted by atomic mass is 79.9. The molecule has 7 heteroatoms. The Morgan fingerprint density at radius 3 is 2.47 bits per heavy atom. The minimum Gasteiger partial charge on any atom is -0.480 e. The van der Waals surface area contributed by atoms with Gasteiger partial charge in [0.2, 0.25) is 0 Å². The van der Waals surface area contributed by atoms with Gasteiger partial charge in [-0.3, -0.25) is 4.79 Å². The molecule has 1 rings (SSSR count). The van der Waals surface area contributed by atoms with Crippen LogP contribution in [-0.4, -0.2) is 34.7 Å². The minimum atomic E-state index is -1.31. The fraction of sp³-hybridized carbons (Fsp3) is 0.200. The number of aliphatic hydroxyl groups is 1. The maximum absolute atomic E-state index is 11.7. The minimum absolute atomic E-state index is 0.299. The van der Waals surface area contributed by atoms with Gasteiger partial charge in [0, 0.05) is 8.95 Å². The first-order chi connectivity index (χ1) is 7.95. The third-order valence-corrected chi connectivity index (χ3v) is 3.11. The number of benzene rings is 1. The summed E-state index contributed by atoms with van der Waals surface area (Å²) in [5, 5.41) is 19.7. The quantitative estimate of drug-likeness (QED) is 0.751. The van der Waals surface area contributed by atoms with Crippen molar-refractivity contribution in [1.82, 2.24) is 5.32 Å². The van der Waals surface area contributed by atoms with Crippen LogP contribution in [0.3, 0.4) is 0 Å². The van der Waals surface area contributed by atoms with Gasteiger partial charge in [-0.2, -0.15) is 0 Å². The largest absolute Gasteiger partial charge is 0.480 e. The Labute approximate surface area is 114 Å². The van der Waals surface area contributed by atoms with Crippen LogP contribution in [0, 0.1) is 0 Å². The summed E-state index contributed by atoms with van der Waals surface area (Å²) in [6.45, 7) is -0.658. The Morgan fingerprint density at radius 1 is 1.35 bits per heavy atom. The Kier molecular flexibility index (Phi) is 5.10. The number of halogens is 2. The first-order valence-corrected chi connectivity index (χ1v) is 6.14. The zero-order valence-corrected chi connectivity index (χ0v) is 11.7. The van der Waals surface area contributed by atoms with E-state index in [-0.39, 0.29) is 0 Å². The van der Waals surface area contributed by atoms with Crippen molar-refractivity contribution in [2.24, 2.45) is 0 Å². The molecule has 0 aliphatic rings. The molecule has 1 aromatic rings. The molecule has 0 unspecified atom stereocenters. The lowest BCUT2D eigenvalue weighted by atomic mass is 10.2. The van der Waals surface area contributed by atoms with Gasteiger partial charge in [-0.15, -0.1) is 0 Å². The van der Waals surface area contributed by atoms with Crippen molar-refractivity contribution in [3.8, 4) is 0 Å². The number of amides is 1. The van der Waals surface area contributed by atoms with Crippen LogP contribution in [0.1, 0.15) is 10.4 Å². The molecule has 0 saturated heterocycles. The fourth-order valence-electron chi connectivity index (χ4n) is 1.10. The molecule has 0 saturated carbocycles. The molecule has 1 amide bonds. The van der Waals surface area contributed by atoms with Crippen LogP contribution >= 0.6 is 31.9 Å². The van der Waals surface area contributed by atoms with Crippen LogP contribution in [0.2, 0.25) is 0 Å². The van der Waals surface area contributed by atoms with Crippen molar-refractivity contribution >= 4 is 43.7 Å². The SMILES string of the molecule is O=C(N[C@H](CO)C(=O)O)c1ccc(Br)cc1Br. The van der Waals surface area contributed by atoms with E-state index in [0.717, 1.165) is 4.47 Å². The number of aliphatic carboxylic acids is 1. The smallest absolute Gasteiger partial charge is 0.328 e. The Hall–Kier alpha value is -0.920. The van der Waals surface area contributed by atoms with Crippen molar-refractivity contribution in [3.63, 3.8) is 0 Å². The lowest BCUT2D eigenvalue weighted by Crippen LogP contribution is -2.43. The molecule has 0 heterocycles. The molecular formula is C10H9Br2NO4. The van der Waals surface area contributed by atoms with Crippen molar-refractivity contribution in [3.05, 3.63) is 32.7 Å². The number of carbonyl (C=O) groups is 2. The van der Waals surface area contributed by atoms with Crippen LogP contribution in [0.25, 0.3) is 0 Å². The van der Waals surface area contributed by atoms with Gasteiger partial charge in [0.05, 0.1) is 12.2 Å². The zero-order valence-electron chi connectivity index (χ0n) is 8.48. The van der Waals surface area contributed by atoms with Gasteiger partial charge < -0.3 is 15.5 Å². The van der Waals surface area contributed by atoms with Crippen molar-refractivity contribution in [1.29, 1.82) is 0 Å². The second kappa shape index (κ2) is 6.13. The number of carboxylic acid groups (broad SMARTS) is 1. The molecule has 1 atom stereocenters. The lowest BCUT2D eigenvalue weighted by molar-refractivity contribution is -0.140. The van der Waals surface area contributed by atoms with E-state index < -0.39 is 24.5 Å². The van der Waals surface area contributed by atoms with E-state index in [0.29, 0.717) is 10.0 Å². The second-order valence-corrected chi connectivity index (χ2v) is 4.94. The molecule has 5 nitrogen and oxygen atoms in total. The fourth-order valence-corrected chi connectivity index (χ4v) is 2.32. The maximum atomic E-state index is 11.7. The van der Waals surface area contributed by atoms with Gasteiger partial charge in [0.1, 0.15) is 0 Å². The summed E-state index contributed by atoms with van der Waals surface area (Å²) < 4.78 is 1.32. The van der Waals surface area contributed by atoms with E-state index in [1.54, 1.807) is 18.2 Å². The van der Waals surface area contributed by atoms with Crippen molar-refractivity contribution in [2.75, 3.05) is 6.61 Å². The first kappa shape index (κ1) is 14.1. The molecule has 92 valence electrons. The average molecular weight is 367 g/mol. The lowest BCUT2D eigenvalue weighted by Gasteiger charge is -2.12. The molecule has 1 aromatic carbocycles. The monoisotopic (exact) mass is 365 g/mol. The molecule has 3 N–H and O–H groups in total. The molecular weight excluding hydrogens is 358 g/mol. The summed E-state index contributed by atoms with van der Waals surface area (Å²) in [5.74, 6) is -1.85. The van der Waals surface area contributed by atoms with Crippen LogP contribution in [0.4, 0.5) is 0 Å². The summed E-state index contributed by atoms with van der Waals surface area (Å²) in [5.41, 5.74) is 0.299. The molecule has 0 bridgehead atoms. The highest BCUT2D eigenvalue weighted by Gasteiger charge is 2.20. The van der Waals surface area contributed by atoms with Gasteiger partial charge in [0.25, 0.3) is 5.91 Å². The summed E-state index contributed by atoms with van der Waals surface area (Å²) in [6.07, 6.45) is 0. The zero-order chi connectivity index (χ0) is 13.0. The number of nitrogens with one attached hydrogen (secondary N) is 1. The third-order valence-electron chi connectivity index (χ3n) is 1.96. The predicted molar refractivity (Wildman–Crippen MR) is 67.8 cm³/mol. The first-order valence-electron chi connectivity index (χ1n) is 4.55. The second-order valence-electron chi connectivity index (χ2n) is 3.17. The molecule has 0 aliphatic heterocycles. The van der Waals surface area contributed by atoms with Gasteiger partial charge in [-0.25, -0.2) is 4.79 Å². The Morgan fingerprint density at radius 2 is 2.00 bits per heavy atom. The molecule has 0 radical (unpaired) electrons. The molecule has 0 fully saturated rings. The van der Waals surface area contributed by atoms with Crippen LogP contribution in [0.5, 0.6) is 0 Å². The van der Waals surface area contributed by atoms with Crippen molar-refractivity contribution < 1.29 is 19.8 Å². The summed E-state index contributed by atoms with van der Waals surface area (Å²) in [7, 11) is 0. The molecule has 0 aliphatic carbocycles. The van der Waals surface area contributed by atoms with Gasteiger partial charge in [-0.05, 0) is 34.1 Å². The van der Waals surface area contributed by atoms with E-state index in [4.69, 9.17) is 10.2 Å². The third kappa shape index (κ3) is 3.79. The maximum Gasteiger partial charge on any atom is 0.328 e. The van der Waals surface area contributed by atoms with E-state index in [1.165, 1.54) is 0 Å². The van der Waals surface area contributed by atoms with Crippen LogP contribution < -0.4 is 5.32 Å². The van der Waals surface area contributed by atoms with E-state index >= 15 is 0 Å². The number of carboxylic acids is 1. The van der Waals surface area contributed by atoms with Gasteiger partial charge in [-0.1, -0.05) is 15.9 Å². The standard InChI is InChI=1S/C10H9Br2NO4/c11-5-1-2-6(7(12)3-5)9(15)13-8(4-14)10(16)17/h1-3,8,14H,4H2,(H,13,15)(H,16,17)/t8-/m1/s1. The highest BCUT2D eigenvalue weighted by Crippen LogP contribution is 2.21. The summed E-state index contributed by atoms with van der Waals surface area (Å²) in [4.78, 5) is 22.4. The number of rotatable bonds is 4. The predicted octanol–water partition coefficient (Wildman–Crippen LogP) is 1.39. The molecule has 0 aromatic heterocycles. The summed E-state index contributed by atoms with van der Waals surface area (Å²) in [6, 6.07) is 3.57. The van der Waals surface area contributed by atoms with E-state index in [2.05, 4.69) is 37.2 Å². The summed E-state index contributed by atoms with van der Waals surface area (Å²) >= 11 is 6.43. The van der Waals surface area contributed by atoms with Crippen LogP contribution in [-0.2, 0) is 4.79 Å². The Bertz CT molecular complexity index is 450. The van der Waals surface area contributed by atoms with Crippen molar-refractivity contribution in [2.45, 2.75) is 6.04 Å². The number of hydrogen-bond acceptors (Lipinski definition) is 3. The molecule has 17 heavy (non-hydrogen) atoms. The number of hydrogen-bond donors (Lipinski definition) is 3. The van der Waals surface area contributed by atoms with Gasteiger partial charge >= 0.3 is 5.97 Å². The number of carbonyl (C=O) groups excluding carboxylic acids is 1. The van der Waals surface area contributed by atoms with E-state index in [1.807, 2.05) is 0 Å². The van der Waals surface area contributed by atoms with Gasteiger partial charge in [0.15, 0.2) is 6.04 Å². The average Bonchev–Trinajstić information content (AvgIpc) is 2.24. The topological polar surface area (TPSA) is 86.6 Å².